The molecular formula is C46H42N2. The summed E-state index contributed by atoms with van der Waals surface area (Å²) in [6.07, 6.45) is 0. The zero-order valence-corrected chi connectivity index (χ0v) is 28.2. The molecule has 0 atom stereocenters. The summed E-state index contributed by atoms with van der Waals surface area (Å²) in [4.78, 5) is 0. The Hall–Kier alpha value is -5.86. The molecular weight excluding hydrogens is 581 g/mol. The molecule has 0 aliphatic rings. The van der Waals surface area contributed by atoms with E-state index in [0.717, 1.165) is 17.1 Å². The normalized spacial score (nSPS) is 10.6. The lowest BCUT2D eigenvalue weighted by Crippen LogP contribution is -1.95. The quantitative estimate of drug-likeness (QED) is 0.148. The number of anilines is 3. The lowest BCUT2D eigenvalue weighted by atomic mass is 9.85. The van der Waals surface area contributed by atoms with Crippen LogP contribution in [0.5, 0.6) is 0 Å². The van der Waals surface area contributed by atoms with Crippen molar-refractivity contribution in [1.82, 2.24) is 0 Å². The van der Waals surface area contributed by atoms with Gasteiger partial charge < -0.3 is 11.1 Å². The van der Waals surface area contributed by atoms with E-state index in [0.29, 0.717) is 0 Å². The first-order chi connectivity index (χ1) is 23.7. The van der Waals surface area contributed by atoms with E-state index >= 15 is 0 Å². The topological polar surface area (TPSA) is 38.0 Å². The summed E-state index contributed by atoms with van der Waals surface area (Å²) in [6.45, 7) is 8.00. The summed E-state index contributed by atoms with van der Waals surface area (Å²) in [5, 5.41) is 11.0. The first-order valence-corrected chi connectivity index (χ1v) is 17.0. The summed E-state index contributed by atoms with van der Waals surface area (Å²) >= 11 is 0. The average Bonchev–Trinajstić information content (AvgIpc) is 3.17. The van der Waals surface area contributed by atoms with Crippen molar-refractivity contribution in [2.45, 2.75) is 27.7 Å². The van der Waals surface area contributed by atoms with Crippen molar-refractivity contribution < 1.29 is 0 Å². The molecule has 0 unspecified atom stereocenters. The van der Waals surface area contributed by atoms with Crippen LogP contribution >= 0.6 is 0 Å². The Morgan fingerprint density at radius 1 is 0.375 bits per heavy atom. The van der Waals surface area contributed by atoms with E-state index in [1.807, 2.05) is 52.0 Å². The van der Waals surface area contributed by atoms with Crippen LogP contribution in [-0.2, 0) is 0 Å². The zero-order chi connectivity index (χ0) is 33.5. The van der Waals surface area contributed by atoms with Crippen LogP contribution in [-0.4, -0.2) is 0 Å². The Morgan fingerprint density at radius 2 is 0.792 bits per heavy atom. The minimum Gasteiger partial charge on any atom is -0.397 e. The molecule has 0 saturated heterocycles. The second-order valence-corrected chi connectivity index (χ2v) is 11.2. The number of benzene rings is 8. The summed E-state index contributed by atoms with van der Waals surface area (Å²) < 4.78 is 0. The second kappa shape index (κ2) is 14.7. The molecule has 0 saturated carbocycles. The van der Waals surface area contributed by atoms with E-state index in [-0.39, 0.29) is 0 Å². The Bertz CT molecular complexity index is 2240. The van der Waals surface area contributed by atoms with Gasteiger partial charge >= 0.3 is 0 Å². The number of fused-ring (bicyclic) bond motifs is 3. The summed E-state index contributed by atoms with van der Waals surface area (Å²) in [5.41, 5.74) is 16.2. The van der Waals surface area contributed by atoms with Crippen LogP contribution in [0, 0.1) is 0 Å². The SMILES string of the molecule is CC.CC.Nc1ccccc1Nc1ccc(-c2c3ccccc3c(-c3ccc(-c4cccc5ccccc45)cc3)c3ccccc23)cc1. The zero-order valence-electron chi connectivity index (χ0n) is 28.2. The van der Waals surface area contributed by atoms with Gasteiger partial charge in [0, 0.05) is 5.69 Å². The van der Waals surface area contributed by atoms with E-state index in [2.05, 4.69) is 145 Å². The Balaban J connectivity index is 0.000000969. The van der Waals surface area contributed by atoms with Crippen molar-refractivity contribution >= 4 is 49.4 Å². The number of hydrogen-bond donors (Lipinski definition) is 2. The van der Waals surface area contributed by atoms with Crippen LogP contribution < -0.4 is 11.1 Å². The first-order valence-electron chi connectivity index (χ1n) is 17.0. The molecule has 0 spiro atoms. The van der Waals surface area contributed by atoms with Gasteiger partial charge in [-0.05, 0) is 90.0 Å². The standard InChI is InChI=1S/C42H30N2.2C2H6/c43-39-18-7-8-19-40(39)44-32-26-24-31(25-27-32)42-37-15-5-3-13-35(37)41(36-14-4-6-16-38(36)42)30-22-20-29(21-23-30)34-17-9-11-28-10-1-2-12-33(28)34;2*1-2/h1-27,44H,43H2;2*1-2H3. The molecule has 48 heavy (non-hydrogen) atoms. The highest BCUT2D eigenvalue weighted by atomic mass is 14.9. The molecule has 0 fully saturated rings. The predicted octanol–water partition coefficient (Wildman–Crippen LogP) is 13.5. The summed E-state index contributed by atoms with van der Waals surface area (Å²) in [5.74, 6) is 0. The third-order valence-electron chi connectivity index (χ3n) is 8.62. The molecule has 0 radical (unpaired) electrons. The van der Waals surface area contributed by atoms with E-state index in [1.54, 1.807) is 0 Å². The van der Waals surface area contributed by atoms with Crippen molar-refractivity contribution in [3.63, 3.8) is 0 Å². The maximum atomic E-state index is 6.17. The van der Waals surface area contributed by atoms with Gasteiger partial charge in [0.25, 0.3) is 0 Å². The molecule has 8 rings (SSSR count). The highest BCUT2D eigenvalue weighted by Crippen LogP contribution is 2.44. The van der Waals surface area contributed by atoms with Crippen LogP contribution in [0.4, 0.5) is 17.1 Å². The fourth-order valence-corrected chi connectivity index (χ4v) is 6.53. The molecule has 0 bridgehead atoms. The smallest absolute Gasteiger partial charge is 0.0617 e. The fraction of sp³-hybridized carbons (Fsp3) is 0.0870. The van der Waals surface area contributed by atoms with Crippen LogP contribution in [0.25, 0.3) is 65.7 Å². The van der Waals surface area contributed by atoms with E-state index in [4.69, 9.17) is 5.73 Å². The molecule has 0 heterocycles. The Kier molecular flexibility index (Phi) is 9.83. The average molecular weight is 623 g/mol. The maximum Gasteiger partial charge on any atom is 0.0617 e. The largest absolute Gasteiger partial charge is 0.397 e. The number of nitrogens with two attached hydrogens (primary N) is 1. The minimum absolute atomic E-state index is 0.731. The van der Waals surface area contributed by atoms with Crippen molar-refractivity contribution in [2.24, 2.45) is 0 Å². The van der Waals surface area contributed by atoms with Crippen LogP contribution in [0.3, 0.4) is 0 Å². The minimum atomic E-state index is 0.731. The Morgan fingerprint density at radius 3 is 1.33 bits per heavy atom. The number of rotatable bonds is 5. The molecule has 0 amide bonds. The van der Waals surface area contributed by atoms with Gasteiger partial charge in [0.05, 0.1) is 11.4 Å². The molecule has 8 aromatic carbocycles. The van der Waals surface area contributed by atoms with E-state index in [1.165, 1.54) is 65.7 Å². The van der Waals surface area contributed by atoms with E-state index in [9.17, 15) is 0 Å². The molecule has 236 valence electrons. The van der Waals surface area contributed by atoms with Crippen LogP contribution in [0.2, 0.25) is 0 Å². The number of hydrogen-bond acceptors (Lipinski definition) is 2. The molecule has 2 heteroatoms. The number of nitrogen functional groups attached to an aromatic ring is 1. The number of nitrogens with one attached hydrogen (secondary N) is 1. The van der Waals surface area contributed by atoms with Crippen LogP contribution in [0.1, 0.15) is 27.7 Å². The third kappa shape index (κ3) is 6.13. The highest BCUT2D eigenvalue weighted by molar-refractivity contribution is 6.21. The van der Waals surface area contributed by atoms with Gasteiger partial charge in [0.2, 0.25) is 0 Å². The highest BCUT2D eigenvalue weighted by Gasteiger charge is 2.17. The molecule has 0 aromatic heterocycles. The van der Waals surface area contributed by atoms with Gasteiger partial charge in [-0.1, -0.05) is 167 Å². The van der Waals surface area contributed by atoms with Gasteiger partial charge in [-0.3, -0.25) is 0 Å². The maximum absolute atomic E-state index is 6.17. The Labute approximate surface area is 284 Å². The summed E-state index contributed by atoms with van der Waals surface area (Å²) in [6, 6.07) is 58.3. The summed E-state index contributed by atoms with van der Waals surface area (Å²) in [7, 11) is 0. The first kappa shape index (κ1) is 32.1. The molecule has 0 aliphatic heterocycles. The fourth-order valence-electron chi connectivity index (χ4n) is 6.53. The van der Waals surface area contributed by atoms with Crippen molar-refractivity contribution in [2.75, 3.05) is 11.1 Å². The van der Waals surface area contributed by atoms with Crippen molar-refractivity contribution in [3.05, 3.63) is 164 Å². The molecule has 3 N–H and O–H groups in total. The second-order valence-electron chi connectivity index (χ2n) is 11.2. The lowest BCUT2D eigenvalue weighted by molar-refractivity contribution is 1.50. The predicted molar refractivity (Wildman–Crippen MR) is 212 cm³/mol. The van der Waals surface area contributed by atoms with Crippen molar-refractivity contribution in [1.29, 1.82) is 0 Å². The molecule has 8 aromatic rings. The van der Waals surface area contributed by atoms with Crippen molar-refractivity contribution in [3.8, 4) is 33.4 Å². The van der Waals surface area contributed by atoms with Gasteiger partial charge in [0.1, 0.15) is 0 Å². The lowest BCUT2D eigenvalue weighted by Gasteiger charge is -2.18. The molecule has 0 aliphatic carbocycles. The van der Waals surface area contributed by atoms with Gasteiger partial charge in [-0.2, -0.15) is 0 Å². The van der Waals surface area contributed by atoms with Gasteiger partial charge in [0.15, 0.2) is 0 Å². The van der Waals surface area contributed by atoms with E-state index < -0.39 is 0 Å². The monoisotopic (exact) mass is 622 g/mol. The van der Waals surface area contributed by atoms with Gasteiger partial charge in [-0.25, -0.2) is 0 Å². The third-order valence-corrected chi connectivity index (χ3v) is 8.62. The number of para-hydroxylation sites is 2. The van der Waals surface area contributed by atoms with Crippen LogP contribution in [0.15, 0.2) is 164 Å². The molecule has 2 nitrogen and oxygen atoms in total. The van der Waals surface area contributed by atoms with Gasteiger partial charge in [-0.15, -0.1) is 0 Å².